The summed E-state index contributed by atoms with van der Waals surface area (Å²) in [5.41, 5.74) is 7.98. The van der Waals surface area contributed by atoms with E-state index in [0.717, 1.165) is 24.8 Å². The summed E-state index contributed by atoms with van der Waals surface area (Å²) in [5.74, 6) is 0.0729. The topological polar surface area (TPSA) is 60.0 Å². The highest BCUT2D eigenvalue weighted by molar-refractivity contribution is 5.86. The van der Waals surface area contributed by atoms with E-state index in [1.54, 1.807) is 0 Å². The van der Waals surface area contributed by atoms with Crippen molar-refractivity contribution >= 4 is 16.8 Å². The molecule has 1 amide bonds. The summed E-state index contributed by atoms with van der Waals surface area (Å²) >= 11 is 0. The lowest BCUT2D eigenvalue weighted by Gasteiger charge is -2.15. The van der Waals surface area contributed by atoms with E-state index >= 15 is 0 Å². The molecule has 21 heavy (non-hydrogen) atoms. The van der Waals surface area contributed by atoms with E-state index in [1.165, 1.54) is 10.9 Å². The third kappa shape index (κ3) is 3.64. The van der Waals surface area contributed by atoms with Gasteiger partial charge in [0.25, 0.3) is 0 Å². The molecule has 0 spiro atoms. The largest absolute Gasteiger partial charge is 0.352 e. The maximum absolute atomic E-state index is 12.2. The van der Waals surface area contributed by atoms with Gasteiger partial charge in [-0.25, -0.2) is 0 Å². The molecule has 1 aromatic carbocycles. The zero-order valence-electron chi connectivity index (χ0n) is 12.9. The molecule has 2 rings (SSSR count). The van der Waals surface area contributed by atoms with Gasteiger partial charge in [0.2, 0.25) is 5.91 Å². The van der Waals surface area contributed by atoms with E-state index in [2.05, 4.69) is 37.5 Å². The van der Waals surface area contributed by atoms with Gasteiger partial charge >= 0.3 is 0 Å². The Morgan fingerprint density at radius 1 is 1.29 bits per heavy atom. The minimum atomic E-state index is 0.0729. The van der Waals surface area contributed by atoms with Crippen LogP contribution in [-0.2, 0) is 17.8 Å². The van der Waals surface area contributed by atoms with E-state index in [4.69, 9.17) is 5.73 Å². The van der Waals surface area contributed by atoms with Crippen LogP contribution in [0.25, 0.3) is 10.9 Å². The van der Waals surface area contributed by atoms with Gasteiger partial charge in [-0.1, -0.05) is 32.0 Å². The molecule has 0 aliphatic rings. The highest BCUT2D eigenvalue weighted by atomic mass is 16.2. The Morgan fingerprint density at radius 2 is 2.00 bits per heavy atom. The minimum Gasteiger partial charge on any atom is -0.352 e. The summed E-state index contributed by atoms with van der Waals surface area (Å²) in [6.07, 6.45) is 4.83. The molecule has 1 aromatic heterocycles. The van der Waals surface area contributed by atoms with Crippen LogP contribution in [0.3, 0.4) is 0 Å². The Labute approximate surface area is 126 Å². The van der Waals surface area contributed by atoms with Gasteiger partial charge < -0.3 is 15.6 Å². The molecule has 2 aromatic rings. The maximum Gasteiger partial charge on any atom is 0.240 e. The third-order valence-electron chi connectivity index (χ3n) is 3.95. The quantitative estimate of drug-likeness (QED) is 0.821. The van der Waals surface area contributed by atoms with E-state index in [9.17, 15) is 4.79 Å². The molecular weight excluding hydrogens is 262 g/mol. The molecule has 0 saturated carbocycles. The van der Waals surface area contributed by atoms with Gasteiger partial charge in [-0.3, -0.25) is 4.79 Å². The van der Waals surface area contributed by atoms with Crippen LogP contribution in [0.15, 0.2) is 30.5 Å². The summed E-state index contributed by atoms with van der Waals surface area (Å²) in [6, 6.07) is 8.44. The van der Waals surface area contributed by atoms with Crippen LogP contribution >= 0.6 is 0 Å². The Balaban J connectivity index is 2.20. The number of nitrogens with two attached hydrogens (primary N) is 1. The third-order valence-corrected chi connectivity index (χ3v) is 3.95. The molecule has 0 atom stereocenters. The fourth-order valence-electron chi connectivity index (χ4n) is 2.73. The lowest BCUT2D eigenvalue weighted by atomic mass is 10.1. The van der Waals surface area contributed by atoms with Crippen molar-refractivity contribution in [1.29, 1.82) is 0 Å². The molecule has 3 N–H and O–H groups in total. The molecule has 0 saturated heterocycles. The summed E-state index contributed by atoms with van der Waals surface area (Å²) in [7, 11) is 0. The van der Waals surface area contributed by atoms with E-state index in [0.29, 0.717) is 13.1 Å². The molecule has 0 fully saturated rings. The Hall–Kier alpha value is -1.81. The van der Waals surface area contributed by atoms with Crippen molar-refractivity contribution in [3.8, 4) is 0 Å². The van der Waals surface area contributed by atoms with Gasteiger partial charge in [-0.2, -0.15) is 0 Å². The second kappa shape index (κ2) is 7.27. The first-order valence-electron chi connectivity index (χ1n) is 7.75. The number of carbonyl (C=O) groups is 1. The SMILES string of the molecule is CCC(CC)NC(=O)Cn1cc(CCN)c2ccccc21. The summed E-state index contributed by atoms with van der Waals surface area (Å²) in [5, 5.41) is 4.28. The minimum absolute atomic E-state index is 0.0729. The van der Waals surface area contributed by atoms with E-state index < -0.39 is 0 Å². The summed E-state index contributed by atoms with van der Waals surface area (Å²) in [4.78, 5) is 12.2. The van der Waals surface area contributed by atoms with Crippen LogP contribution in [0.4, 0.5) is 0 Å². The first kappa shape index (κ1) is 15.6. The zero-order chi connectivity index (χ0) is 15.2. The predicted octanol–water partition coefficient (Wildman–Crippen LogP) is 2.45. The van der Waals surface area contributed by atoms with Gasteiger partial charge in [0, 0.05) is 23.1 Å². The number of benzene rings is 1. The standard InChI is InChI=1S/C17H25N3O/c1-3-14(4-2)19-17(21)12-20-11-13(9-10-18)15-7-5-6-8-16(15)20/h5-8,11,14H,3-4,9-10,12,18H2,1-2H3,(H,19,21). The number of para-hydroxylation sites is 1. The number of nitrogens with one attached hydrogen (secondary N) is 1. The molecule has 1 heterocycles. The van der Waals surface area contributed by atoms with Gasteiger partial charge in [-0.15, -0.1) is 0 Å². The normalized spacial score (nSPS) is 11.2. The average Bonchev–Trinajstić information content (AvgIpc) is 2.83. The molecule has 4 heteroatoms. The highest BCUT2D eigenvalue weighted by Gasteiger charge is 2.12. The molecule has 0 aliphatic carbocycles. The highest BCUT2D eigenvalue weighted by Crippen LogP contribution is 2.21. The van der Waals surface area contributed by atoms with Crippen LogP contribution in [-0.4, -0.2) is 23.1 Å². The molecular formula is C17H25N3O. The van der Waals surface area contributed by atoms with E-state index in [-0.39, 0.29) is 11.9 Å². The molecule has 114 valence electrons. The van der Waals surface area contributed by atoms with Crippen molar-refractivity contribution in [2.75, 3.05) is 6.54 Å². The van der Waals surface area contributed by atoms with Crippen molar-refractivity contribution in [2.45, 2.75) is 45.7 Å². The van der Waals surface area contributed by atoms with Gasteiger partial charge in [0.15, 0.2) is 0 Å². The molecule has 0 unspecified atom stereocenters. The maximum atomic E-state index is 12.2. The first-order chi connectivity index (χ1) is 10.2. The number of hydrogen-bond acceptors (Lipinski definition) is 2. The van der Waals surface area contributed by atoms with Crippen molar-refractivity contribution < 1.29 is 4.79 Å². The fraction of sp³-hybridized carbons (Fsp3) is 0.471. The predicted molar refractivity (Wildman–Crippen MR) is 87.2 cm³/mol. The van der Waals surface area contributed by atoms with E-state index in [1.807, 2.05) is 16.7 Å². The van der Waals surface area contributed by atoms with Crippen molar-refractivity contribution in [3.05, 3.63) is 36.0 Å². The first-order valence-corrected chi connectivity index (χ1v) is 7.75. The van der Waals surface area contributed by atoms with Gasteiger partial charge in [0.1, 0.15) is 6.54 Å². The van der Waals surface area contributed by atoms with Crippen molar-refractivity contribution in [1.82, 2.24) is 9.88 Å². The van der Waals surface area contributed by atoms with Crippen LogP contribution in [0, 0.1) is 0 Å². The van der Waals surface area contributed by atoms with Gasteiger partial charge in [0.05, 0.1) is 0 Å². The molecule has 0 bridgehead atoms. The number of fused-ring (bicyclic) bond motifs is 1. The number of carbonyl (C=O) groups excluding carboxylic acids is 1. The molecule has 4 nitrogen and oxygen atoms in total. The summed E-state index contributed by atoms with van der Waals surface area (Å²) in [6.45, 7) is 5.17. The number of hydrogen-bond donors (Lipinski definition) is 2. The molecule has 0 radical (unpaired) electrons. The summed E-state index contributed by atoms with van der Waals surface area (Å²) < 4.78 is 2.03. The van der Waals surface area contributed by atoms with Crippen molar-refractivity contribution in [3.63, 3.8) is 0 Å². The van der Waals surface area contributed by atoms with Crippen LogP contribution in [0.2, 0.25) is 0 Å². The number of amides is 1. The monoisotopic (exact) mass is 287 g/mol. The van der Waals surface area contributed by atoms with Gasteiger partial charge in [-0.05, 0) is 37.4 Å². The Morgan fingerprint density at radius 3 is 2.67 bits per heavy atom. The van der Waals surface area contributed by atoms with Crippen LogP contribution < -0.4 is 11.1 Å². The second-order valence-corrected chi connectivity index (χ2v) is 5.42. The second-order valence-electron chi connectivity index (χ2n) is 5.42. The number of rotatable bonds is 7. The Kier molecular flexibility index (Phi) is 5.39. The fourth-order valence-corrected chi connectivity index (χ4v) is 2.73. The lowest BCUT2D eigenvalue weighted by Crippen LogP contribution is -2.36. The lowest BCUT2D eigenvalue weighted by molar-refractivity contribution is -0.122. The van der Waals surface area contributed by atoms with Crippen LogP contribution in [0.5, 0.6) is 0 Å². The van der Waals surface area contributed by atoms with Crippen LogP contribution in [0.1, 0.15) is 32.3 Å². The number of nitrogens with zero attached hydrogens (tertiary/aromatic N) is 1. The average molecular weight is 287 g/mol. The van der Waals surface area contributed by atoms with Crippen molar-refractivity contribution in [2.24, 2.45) is 5.73 Å². The Bertz CT molecular complexity index is 599. The zero-order valence-corrected chi connectivity index (χ0v) is 12.9. The number of aromatic nitrogens is 1. The smallest absolute Gasteiger partial charge is 0.240 e. The molecule has 0 aliphatic heterocycles.